The van der Waals surface area contributed by atoms with Crippen molar-refractivity contribution in [3.05, 3.63) is 47.0 Å². The minimum Gasteiger partial charge on any atom is -0.467 e. The van der Waals surface area contributed by atoms with E-state index in [2.05, 4.69) is 5.32 Å². The van der Waals surface area contributed by atoms with Crippen molar-refractivity contribution < 1.29 is 27.1 Å². The largest absolute Gasteiger partial charge is 0.467 e. The molecule has 0 saturated carbocycles. The lowest BCUT2D eigenvalue weighted by Crippen LogP contribution is -2.27. The highest BCUT2D eigenvalue weighted by atomic mass is 32.3. The van der Waals surface area contributed by atoms with Gasteiger partial charge in [0.05, 0.1) is 0 Å². The van der Waals surface area contributed by atoms with Gasteiger partial charge in [0.1, 0.15) is 11.2 Å². The summed E-state index contributed by atoms with van der Waals surface area (Å²) in [5.41, 5.74) is 1.60. The average molecular weight is 356 g/mol. The van der Waals surface area contributed by atoms with Crippen molar-refractivity contribution in [1.82, 2.24) is 5.32 Å². The van der Waals surface area contributed by atoms with Crippen LogP contribution in [0, 0.1) is 5.41 Å². The predicted molar refractivity (Wildman–Crippen MR) is 88.1 cm³/mol. The Labute approximate surface area is 140 Å². The number of hydrogen-bond acceptors (Lipinski definition) is 5. The second-order valence-corrected chi connectivity index (χ2v) is 6.45. The second kappa shape index (κ2) is 7.56. The molecule has 0 spiro atoms. The Morgan fingerprint density at radius 2 is 1.75 bits per heavy atom. The van der Waals surface area contributed by atoms with Crippen LogP contribution in [0.2, 0.25) is 0 Å². The lowest BCUT2D eigenvalue weighted by atomic mass is 9.97. The van der Waals surface area contributed by atoms with Gasteiger partial charge < -0.3 is 10.1 Å². The van der Waals surface area contributed by atoms with Gasteiger partial charge in [-0.15, -0.1) is 0 Å². The molecular formula is C15H20N2O6S. The van der Waals surface area contributed by atoms with Gasteiger partial charge in [-0.3, -0.25) is 19.3 Å². The first-order chi connectivity index (χ1) is 10.9. The summed E-state index contributed by atoms with van der Waals surface area (Å²) in [6.07, 6.45) is 0. The van der Waals surface area contributed by atoms with Crippen LogP contribution in [0.1, 0.15) is 26.3 Å². The van der Waals surface area contributed by atoms with Crippen LogP contribution in [-0.4, -0.2) is 34.9 Å². The zero-order chi connectivity index (χ0) is 18.5. The summed E-state index contributed by atoms with van der Waals surface area (Å²) in [4.78, 5) is 12.1. The lowest BCUT2D eigenvalue weighted by Gasteiger charge is -2.18. The van der Waals surface area contributed by atoms with Crippen molar-refractivity contribution in [1.29, 1.82) is 5.41 Å². The van der Waals surface area contributed by atoms with Crippen molar-refractivity contribution in [3.63, 3.8) is 0 Å². The van der Waals surface area contributed by atoms with Gasteiger partial charge in [0.15, 0.2) is 0 Å². The molecule has 0 bridgehead atoms. The summed E-state index contributed by atoms with van der Waals surface area (Å²) in [5, 5.41) is 10.6. The molecule has 0 aliphatic carbocycles. The molecule has 1 aliphatic heterocycles. The SMILES string of the molecule is CC1=C(C(=O)NCc2ccccc2)C(=N)OC1(C)C.O=S(=O)(O)O. The molecule has 1 heterocycles. The minimum absolute atomic E-state index is 0.0481. The van der Waals surface area contributed by atoms with Crippen LogP contribution in [0.3, 0.4) is 0 Å². The van der Waals surface area contributed by atoms with Crippen LogP contribution >= 0.6 is 0 Å². The van der Waals surface area contributed by atoms with Crippen molar-refractivity contribution in [2.45, 2.75) is 32.9 Å². The maximum Gasteiger partial charge on any atom is 0.394 e. The Balaban J connectivity index is 0.000000505. The third kappa shape index (κ3) is 6.11. The molecule has 1 amide bonds. The molecule has 9 heteroatoms. The maximum absolute atomic E-state index is 12.1. The van der Waals surface area contributed by atoms with Crippen LogP contribution in [0.25, 0.3) is 0 Å². The number of carbonyl (C=O) groups excluding carboxylic acids is 1. The minimum atomic E-state index is -4.67. The van der Waals surface area contributed by atoms with Gasteiger partial charge >= 0.3 is 10.4 Å². The third-order valence-electron chi connectivity index (χ3n) is 3.39. The summed E-state index contributed by atoms with van der Waals surface area (Å²) < 4.78 is 37.0. The zero-order valence-electron chi connectivity index (χ0n) is 13.5. The number of rotatable bonds is 3. The summed E-state index contributed by atoms with van der Waals surface area (Å²) in [5.74, 6) is -0.301. The molecule has 8 nitrogen and oxygen atoms in total. The molecule has 0 saturated heterocycles. The van der Waals surface area contributed by atoms with Gasteiger partial charge in [-0.1, -0.05) is 30.3 Å². The Bertz CT molecular complexity index is 745. The highest BCUT2D eigenvalue weighted by molar-refractivity contribution is 7.79. The quantitative estimate of drug-likeness (QED) is 0.609. The Hall–Kier alpha value is -2.23. The molecule has 0 radical (unpaired) electrons. The topological polar surface area (TPSA) is 137 Å². The van der Waals surface area contributed by atoms with Crippen molar-refractivity contribution >= 4 is 22.2 Å². The summed E-state index contributed by atoms with van der Waals surface area (Å²) in [7, 11) is -4.67. The van der Waals surface area contributed by atoms with Crippen LogP contribution in [0.15, 0.2) is 41.5 Å². The Morgan fingerprint density at radius 3 is 2.17 bits per heavy atom. The van der Waals surface area contributed by atoms with Gasteiger partial charge in [0.2, 0.25) is 5.90 Å². The number of amides is 1. The van der Waals surface area contributed by atoms with E-state index in [-0.39, 0.29) is 11.8 Å². The number of carbonyl (C=O) groups is 1. The van der Waals surface area contributed by atoms with E-state index in [0.717, 1.165) is 11.1 Å². The highest BCUT2D eigenvalue weighted by Crippen LogP contribution is 2.31. The maximum atomic E-state index is 12.1. The van der Waals surface area contributed by atoms with E-state index in [9.17, 15) is 4.79 Å². The molecule has 132 valence electrons. The standard InChI is InChI=1S/C15H18N2O2.H2O4S/c1-10-12(13(16)19-15(10,2)3)14(18)17-9-11-7-5-4-6-8-11;1-5(2,3)4/h4-8,16H,9H2,1-3H3,(H,17,18);(H2,1,2,3,4). The second-order valence-electron chi connectivity index (χ2n) is 5.56. The monoisotopic (exact) mass is 356 g/mol. The van der Waals surface area contributed by atoms with Crippen molar-refractivity contribution in [2.24, 2.45) is 0 Å². The molecule has 24 heavy (non-hydrogen) atoms. The normalized spacial score (nSPS) is 16.1. The molecule has 2 rings (SSSR count). The van der Waals surface area contributed by atoms with Crippen LogP contribution in [0.5, 0.6) is 0 Å². The number of benzene rings is 1. The van der Waals surface area contributed by atoms with Gasteiger partial charge in [-0.2, -0.15) is 8.42 Å². The number of nitrogens with one attached hydrogen (secondary N) is 2. The first kappa shape index (κ1) is 19.8. The fourth-order valence-corrected chi connectivity index (χ4v) is 1.99. The van der Waals surface area contributed by atoms with Crippen LogP contribution in [0.4, 0.5) is 0 Å². The van der Waals surface area contributed by atoms with Crippen LogP contribution in [-0.2, 0) is 26.5 Å². The van der Waals surface area contributed by atoms with Crippen molar-refractivity contribution in [3.8, 4) is 0 Å². The highest BCUT2D eigenvalue weighted by Gasteiger charge is 2.38. The van der Waals surface area contributed by atoms with E-state index < -0.39 is 16.0 Å². The van der Waals surface area contributed by atoms with E-state index in [1.165, 1.54) is 0 Å². The number of ether oxygens (including phenoxy) is 1. The molecule has 0 unspecified atom stereocenters. The van der Waals surface area contributed by atoms with E-state index in [4.69, 9.17) is 27.7 Å². The fourth-order valence-electron chi connectivity index (χ4n) is 1.99. The molecule has 0 fully saturated rings. The molecule has 1 aromatic carbocycles. The molecular weight excluding hydrogens is 336 g/mol. The third-order valence-corrected chi connectivity index (χ3v) is 3.39. The predicted octanol–water partition coefficient (Wildman–Crippen LogP) is 1.75. The molecule has 1 aliphatic rings. The fraction of sp³-hybridized carbons (Fsp3) is 0.333. The van der Waals surface area contributed by atoms with Gasteiger partial charge in [0.25, 0.3) is 5.91 Å². The van der Waals surface area contributed by atoms with Crippen LogP contribution < -0.4 is 5.32 Å². The summed E-state index contributed by atoms with van der Waals surface area (Å²) >= 11 is 0. The number of hydrogen-bond donors (Lipinski definition) is 4. The van der Waals surface area contributed by atoms with E-state index in [1.54, 1.807) is 0 Å². The Morgan fingerprint density at radius 1 is 1.25 bits per heavy atom. The molecule has 0 aromatic heterocycles. The average Bonchev–Trinajstić information content (AvgIpc) is 2.64. The van der Waals surface area contributed by atoms with Gasteiger partial charge in [-0.05, 0) is 31.9 Å². The summed E-state index contributed by atoms with van der Waals surface area (Å²) in [6, 6.07) is 9.68. The van der Waals surface area contributed by atoms with E-state index in [1.807, 2.05) is 51.1 Å². The molecule has 4 N–H and O–H groups in total. The lowest BCUT2D eigenvalue weighted by molar-refractivity contribution is -0.117. The Kier molecular flexibility index (Phi) is 6.24. The van der Waals surface area contributed by atoms with Crippen molar-refractivity contribution in [2.75, 3.05) is 0 Å². The smallest absolute Gasteiger partial charge is 0.394 e. The van der Waals surface area contributed by atoms with E-state index in [0.29, 0.717) is 12.1 Å². The summed E-state index contributed by atoms with van der Waals surface area (Å²) in [6.45, 7) is 5.99. The first-order valence-corrected chi connectivity index (χ1v) is 8.33. The van der Waals surface area contributed by atoms with E-state index >= 15 is 0 Å². The molecule has 1 aromatic rings. The molecule has 0 atom stereocenters. The zero-order valence-corrected chi connectivity index (χ0v) is 14.3. The first-order valence-electron chi connectivity index (χ1n) is 6.93. The van der Waals surface area contributed by atoms with Gasteiger partial charge in [0, 0.05) is 6.54 Å². The van der Waals surface area contributed by atoms with Gasteiger partial charge in [-0.25, -0.2) is 0 Å².